The zero-order valence-electron chi connectivity index (χ0n) is 11.1. The summed E-state index contributed by atoms with van der Waals surface area (Å²) in [5.41, 5.74) is -0.542. The Labute approximate surface area is 115 Å². The Bertz CT molecular complexity index is 536. The summed E-state index contributed by atoms with van der Waals surface area (Å²) in [6.45, 7) is 2.86. The third-order valence-corrected chi connectivity index (χ3v) is 3.49. The molecule has 0 aliphatic carbocycles. The average Bonchev–Trinajstić information content (AvgIpc) is 2.41. The summed E-state index contributed by atoms with van der Waals surface area (Å²) in [5.74, 6) is -1.42. The first-order valence-electron chi connectivity index (χ1n) is 6.47. The van der Waals surface area contributed by atoms with Crippen LogP contribution in [0.5, 0.6) is 0 Å². The predicted octanol–water partition coefficient (Wildman–Crippen LogP) is 1.60. The van der Waals surface area contributed by atoms with Gasteiger partial charge < -0.3 is 10.6 Å². The summed E-state index contributed by atoms with van der Waals surface area (Å²) in [5, 5.41) is 16.5. The fourth-order valence-electron chi connectivity index (χ4n) is 2.29. The summed E-state index contributed by atoms with van der Waals surface area (Å²) in [7, 11) is 0. The van der Waals surface area contributed by atoms with E-state index in [1.165, 1.54) is 0 Å². The molecule has 0 aromatic heterocycles. The number of piperidine rings is 1. The number of halogens is 1. The molecule has 2 unspecified atom stereocenters. The van der Waals surface area contributed by atoms with E-state index in [4.69, 9.17) is 0 Å². The maximum Gasteiger partial charge on any atom is 0.272 e. The van der Waals surface area contributed by atoms with E-state index in [0.717, 1.165) is 37.6 Å². The van der Waals surface area contributed by atoms with E-state index in [2.05, 4.69) is 10.6 Å². The Hall–Kier alpha value is -2.02. The van der Waals surface area contributed by atoms with Gasteiger partial charge in [-0.15, -0.1) is 0 Å². The molecule has 20 heavy (non-hydrogen) atoms. The predicted molar refractivity (Wildman–Crippen MR) is 71.0 cm³/mol. The van der Waals surface area contributed by atoms with Gasteiger partial charge in [-0.3, -0.25) is 14.9 Å². The molecule has 1 aromatic rings. The third-order valence-electron chi connectivity index (χ3n) is 3.49. The van der Waals surface area contributed by atoms with Gasteiger partial charge in [0.1, 0.15) is 5.82 Å². The smallest absolute Gasteiger partial charge is 0.272 e. The van der Waals surface area contributed by atoms with E-state index in [1.807, 2.05) is 6.92 Å². The average molecular weight is 281 g/mol. The van der Waals surface area contributed by atoms with Gasteiger partial charge in [-0.05, 0) is 32.4 Å². The largest absolute Gasteiger partial charge is 0.348 e. The molecule has 1 aliphatic rings. The molecule has 1 amide bonds. The van der Waals surface area contributed by atoms with Crippen LogP contribution in [0, 0.1) is 15.9 Å². The first kappa shape index (κ1) is 14.4. The SMILES string of the molecule is CC1NCCCC1NC(=O)c1ccc([N+](=O)[O-])cc1F. The lowest BCUT2D eigenvalue weighted by atomic mass is 9.99. The highest BCUT2D eigenvalue weighted by atomic mass is 19.1. The number of nitrogens with zero attached hydrogens (tertiary/aromatic N) is 1. The van der Waals surface area contributed by atoms with Crippen molar-refractivity contribution in [3.8, 4) is 0 Å². The van der Waals surface area contributed by atoms with E-state index in [-0.39, 0.29) is 23.3 Å². The second-order valence-corrected chi connectivity index (χ2v) is 4.89. The Balaban J connectivity index is 2.11. The van der Waals surface area contributed by atoms with Crippen molar-refractivity contribution in [2.24, 2.45) is 0 Å². The summed E-state index contributed by atoms with van der Waals surface area (Å²) in [6, 6.07) is 3.08. The van der Waals surface area contributed by atoms with Gasteiger partial charge in [-0.25, -0.2) is 4.39 Å². The lowest BCUT2D eigenvalue weighted by molar-refractivity contribution is -0.385. The van der Waals surface area contributed by atoms with Crippen LogP contribution in [-0.2, 0) is 0 Å². The highest BCUT2D eigenvalue weighted by molar-refractivity contribution is 5.94. The minimum atomic E-state index is -0.881. The molecule has 1 aromatic carbocycles. The number of non-ortho nitro benzene ring substituents is 1. The van der Waals surface area contributed by atoms with Crippen LogP contribution < -0.4 is 10.6 Å². The molecule has 0 saturated carbocycles. The quantitative estimate of drug-likeness (QED) is 0.651. The Kier molecular flexibility index (Phi) is 4.29. The van der Waals surface area contributed by atoms with Crippen LogP contribution in [0.15, 0.2) is 18.2 Å². The first-order chi connectivity index (χ1) is 9.49. The fourth-order valence-corrected chi connectivity index (χ4v) is 2.29. The summed E-state index contributed by atoms with van der Waals surface area (Å²) in [6.07, 6.45) is 1.77. The van der Waals surface area contributed by atoms with Crippen LogP contribution in [0.25, 0.3) is 0 Å². The molecule has 0 spiro atoms. The minimum absolute atomic E-state index is 0.0640. The number of benzene rings is 1. The second kappa shape index (κ2) is 5.96. The van der Waals surface area contributed by atoms with Gasteiger partial charge in [0.15, 0.2) is 0 Å². The Morgan fingerprint density at radius 2 is 2.30 bits per heavy atom. The molecule has 1 aliphatic heterocycles. The Morgan fingerprint density at radius 1 is 1.55 bits per heavy atom. The van der Waals surface area contributed by atoms with Crippen LogP contribution in [-0.4, -0.2) is 29.5 Å². The molecule has 0 radical (unpaired) electrons. The Morgan fingerprint density at radius 3 is 2.90 bits per heavy atom. The van der Waals surface area contributed by atoms with Crippen molar-refractivity contribution in [3.05, 3.63) is 39.7 Å². The summed E-state index contributed by atoms with van der Waals surface area (Å²) < 4.78 is 13.7. The molecular weight excluding hydrogens is 265 g/mol. The van der Waals surface area contributed by atoms with Crippen LogP contribution in [0.3, 0.4) is 0 Å². The van der Waals surface area contributed by atoms with Crippen LogP contribution in [0.1, 0.15) is 30.1 Å². The lowest BCUT2D eigenvalue weighted by Gasteiger charge is -2.30. The van der Waals surface area contributed by atoms with Crippen LogP contribution in [0.4, 0.5) is 10.1 Å². The van der Waals surface area contributed by atoms with Crippen LogP contribution in [0.2, 0.25) is 0 Å². The van der Waals surface area contributed by atoms with Gasteiger partial charge >= 0.3 is 0 Å². The normalized spacial score (nSPS) is 22.3. The number of hydrogen-bond acceptors (Lipinski definition) is 4. The van der Waals surface area contributed by atoms with Gasteiger partial charge in [0, 0.05) is 18.2 Å². The molecule has 1 heterocycles. The molecular formula is C13H16FN3O3. The fraction of sp³-hybridized carbons (Fsp3) is 0.462. The number of rotatable bonds is 3. The second-order valence-electron chi connectivity index (χ2n) is 4.89. The number of nitro groups is 1. The van der Waals surface area contributed by atoms with Crippen LogP contribution >= 0.6 is 0 Å². The van der Waals surface area contributed by atoms with Gasteiger partial charge in [0.05, 0.1) is 16.6 Å². The molecule has 2 N–H and O–H groups in total. The zero-order valence-corrected chi connectivity index (χ0v) is 11.1. The van der Waals surface area contributed by atoms with E-state index in [1.54, 1.807) is 0 Å². The van der Waals surface area contributed by atoms with Crippen molar-refractivity contribution in [1.82, 2.24) is 10.6 Å². The van der Waals surface area contributed by atoms with Crippen molar-refractivity contribution in [3.63, 3.8) is 0 Å². The van der Waals surface area contributed by atoms with Crippen molar-refractivity contribution in [2.45, 2.75) is 31.8 Å². The van der Waals surface area contributed by atoms with E-state index >= 15 is 0 Å². The molecule has 2 atom stereocenters. The van der Waals surface area contributed by atoms with Gasteiger partial charge in [0.2, 0.25) is 0 Å². The monoisotopic (exact) mass is 281 g/mol. The number of carbonyl (C=O) groups is 1. The number of nitrogens with one attached hydrogen (secondary N) is 2. The van der Waals surface area contributed by atoms with Crippen molar-refractivity contribution in [1.29, 1.82) is 0 Å². The van der Waals surface area contributed by atoms with Gasteiger partial charge in [-0.1, -0.05) is 0 Å². The molecule has 1 saturated heterocycles. The van der Waals surface area contributed by atoms with Gasteiger partial charge in [-0.2, -0.15) is 0 Å². The maximum absolute atomic E-state index is 13.7. The first-order valence-corrected chi connectivity index (χ1v) is 6.47. The number of hydrogen-bond donors (Lipinski definition) is 2. The van der Waals surface area contributed by atoms with E-state index < -0.39 is 16.6 Å². The standard InChI is InChI=1S/C13H16FN3O3/c1-8-12(3-2-6-15-8)16-13(18)10-5-4-9(17(19)20)7-11(10)14/h4-5,7-8,12,15H,2-3,6H2,1H3,(H,16,18). The van der Waals surface area contributed by atoms with E-state index in [9.17, 15) is 19.3 Å². The van der Waals surface area contributed by atoms with Crippen molar-refractivity contribution < 1.29 is 14.1 Å². The van der Waals surface area contributed by atoms with Crippen molar-refractivity contribution in [2.75, 3.05) is 6.54 Å². The van der Waals surface area contributed by atoms with E-state index in [0.29, 0.717) is 0 Å². The lowest BCUT2D eigenvalue weighted by Crippen LogP contribution is -2.52. The highest BCUT2D eigenvalue weighted by Crippen LogP contribution is 2.17. The van der Waals surface area contributed by atoms with Crippen molar-refractivity contribution >= 4 is 11.6 Å². The topological polar surface area (TPSA) is 84.3 Å². The number of amides is 1. The molecule has 108 valence electrons. The maximum atomic E-state index is 13.7. The molecule has 0 bridgehead atoms. The minimum Gasteiger partial charge on any atom is -0.348 e. The zero-order chi connectivity index (χ0) is 14.7. The summed E-state index contributed by atoms with van der Waals surface area (Å²) in [4.78, 5) is 21.8. The number of nitro benzene ring substituents is 1. The molecule has 6 nitrogen and oxygen atoms in total. The number of carbonyl (C=O) groups excluding carboxylic acids is 1. The molecule has 7 heteroatoms. The molecule has 1 fully saturated rings. The van der Waals surface area contributed by atoms with Gasteiger partial charge in [0.25, 0.3) is 11.6 Å². The highest BCUT2D eigenvalue weighted by Gasteiger charge is 2.24. The molecule has 2 rings (SSSR count). The summed E-state index contributed by atoms with van der Waals surface area (Å²) >= 11 is 0. The third kappa shape index (κ3) is 3.11.